The number of aryl methyl sites for hydroxylation is 1. The van der Waals surface area contributed by atoms with Crippen molar-refractivity contribution in [2.75, 3.05) is 5.32 Å². The van der Waals surface area contributed by atoms with Crippen molar-refractivity contribution < 1.29 is 4.79 Å². The van der Waals surface area contributed by atoms with Gasteiger partial charge < -0.3 is 5.73 Å². The molecule has 7 heteroatoms. The van der Waals surface area contributed by atoms with Crippen molar-refractivity contribution in [2.45, 2.75) is 31.7 Å². The highest BCUT2D eigenvalue weighted by molar-refractivity contribution is 5.92. The van der Waals surface area contributed by atoms with Gasteiger partial charge in [0.15, 0.2) is 0 Å². The lowest BCUT2D eigenvalue weighted by atomic mass is 9.86. The van der Waals surface area contributed by atoms with Gasteiger partial charge in [-0.05, 0) is 37.3 Å². The minimum absolute atomic E-state index is 0.00387. The van der Waals surface area contributed by atoms with E-state index in [0.29, 0.717) is 5.95 Å². The maximum absolute atomic E-state index is 12.5. The van der Waals surface area contributed by atoms with E-state index in [0.717, 1.165) is 47.7 Å². The molecule has 1 aromatic carbocycles. The maximum Gasteiger partial charge on any atom is 0.229 e. The van der Waals surface area contributed by atoms with Gasteiger partial charge in [-0.25, -0.2) is 9.97 Å². The van der Waals surface area contributed by atoms with Gasteiger partial charge in [0, 0.05) is 42.4 Å². The van der Waals surface area contributed by atoms with Gasteiger partial charge in [0.1, 0.15) is 0 Å². The van der Waals surface area contributed by atoms with Crippen LogP contribution in [-0.2, 0) is 11.8 Å². The third-order valence-electron chi connectivity index (χ3n) is 5.00. The minimum Gasteiger partial charge on any atom is -0.328 e. The average Bonchev–Trinajstić information content (AvgIpc) is 3.08. The number of nitrogens with zero attached hydrogens (tertiary/aromatic N) is 4. The highest BCUT2D eigenvalue weighted by Gasteiger charge is 2.25. The molecule has 0 atom stereocenters. The van der Waals surface area contributed by atoms with E-state index in [-0.39, 0.29) is 17.9 Å². The van der Waals surface area contributed by atoms with E-state index in [1.54, 1.807) is 10.9 Å². The monoisotopic (exact) mass is 350 g/mol. The molecule has 134 valence electrons. The second-order valence-corrected chi connectivity index (χ2v) is 6.97. The Hall–Kier alpha value is -2.80. The van der Waals surface area contributed by atoms with Crippen LogP contribution in [0.5, 0.6) is 0 Å². The van der Waals surface area contributed by atoms with Crippen molar-refractivity contribution in [2.24, 2.45) is 18.7 Å². The van der Waals surface area contributed by atoms with Gasteiger partial charge in [-0.1, -0.05) is 12.1 Å². The van der Waals surface area contributed by atoms with Gasteiger partial charge in [-0.2, -0.15) is 5.10 Å². The standard InChI is InChI=1S/C19H22N6O/c1-25-11-15(10-22-25)13-2-3-14-9-21-19(23-17(14)8-13)24-18(26)12-4-6-16(20)7-5-12/h2-3,8-12,16H,4-7,20H2,1H3,(H,21,23,24,26). The Morgan fingerprint density at radius 1 is 1.19 bits per heavy atom. The van der Waals surface area contributed by atoms with Gasteiger partial charge in [0.25, 0.3) is 0 Å². The van der Waals surface area contributed by atoms with Crippen LogP contribution in [0.4, 0.5) is 5.95 Å². The molecular formula is C19H22N6O. The second kappa shape index (κ2) is 6.84. The Kier molecular flexibility index (Phi) is 4.38. The first-order valence-electron chi connectivity index (χ1n) is 8.91. The molecule has 1 amide bonds. The Labute approximate surface area is 151 Å². The summed E-state index contributed by atoms with van der Waals surface area (Å²) in [5, 5.41) is 8.00. The summed E-state index contributed by atoms with van der Waals surface area (Å²) in [4.78, 5) is 21.3. The molecule has 26 heavy (non-hydrogen) atoms. The summed E-state index contributed by atoms with van der Waals surface area (Å²) in [5.41, 5.74) is 8.76. The van der Waals surface area contributed by atoms with Gasteiger partial charge >= 0.3 is 0 Å². The molecule has 0 radical (unpaired) electrons. The first-order chi connectivity index (χ1) is 12.6. The van der Waals surface area contributed by atoms with Crippen molar-refractivity contribution >= 4 is 22.8 Å². The van der Waals surface area contributed by atoms with Crippen LogP contribution in [0.1, 0.15) is 25.7 Å². The number of nitrogens with one attached hydrogen (secondary N) is 1. The second-order valence-electron chi connectivity index (χ2n) is 6.97. The van der Waals surface area contributed by atoms with Crippen molar-refractivity contribution in [1.82, 2.24) is 19.7 Å². The first-order valence-corrected chi connectivity index (χ1v) is 8.91. The van der Waals surface area contributed by atoms with Crippen LogP contribution in [0.3, 0.4) is 0 Å². The number of carbonyl (C=O) groups is 1. The van der Waals surface area contributed by atoms with Crippen LogP contribution >= 0.6 is 0 Å². The lowest BCUT2D eigenvalue weighted by Crippen LogP contribution is -2.32. The Balaban J connectivity index is 1.55. The molecular weight excluding hydrogens is 328 g/mol. The first kappa shape index (κ1) is 16.7. The molecule has 3 aromatic rings. The van der Waals surface area contributed by atoms with Crippen molar-refractivity contribution in [1.29, 1.82) is 0 Å². The summed E-state index contributed by atoms with van der Waals surface area (Å²) in [5.74, 6) is 0.330. The van der Waals surface area contributed by atoms with E-state index < -0.39 is 0 Å². The number of carbonyl (C=O) groups excluding carboxylic acids is 1. The molecule has 2 aromatic heterocycles. The smallest absolute Gasteiger partial charge is 0.229 e. The third kappa shape index (κ3) is 3.43. The summed E-state index contributed by atoms with van der Waals surface area (Å²) in [6.45, 7) is 0. The van der Waals surface area contributed by atoms with Crippen LogP contribution < -0.4 is 11.1 Å². The SMILES string of the molecule is Cn1cc(-c2ccc3cnc(NC(=O)C4CCC(N)CC4)nc3c2)cn1. The third-order valence-corrected chi connectivity index (χ3v) is 5.00. The summed E-state index contributed by atoms with van der Waals surface area (Å²) in [7, 11) is 1.89. The fraction of sp³-hybridized carbons (Fsp3) is 0.368. The number of fused-ring (bicyclic) bond motifs is 1. The molecule has 3 N–H and O–H groups in total. The molecule has 4 rings (SSSR count). The molecule has 1 aliphatic carbocycles. The normalized spacial score (nSPS) is 20.2. The minimum atomic E-state index is -0.0142. The molecule has 7 nitrogen and oxygen atoms in total. The molecule has 1 fully saturated rings. The molecule has 0 unspecified atom stereocenters. The van der Waals surface area contributed by atoms with E-state index in [2.05, 4.69) is 20.4 Å². The van der Waals surface area contributed by atoms with Crippen LogP contribution in [0, 0.1) is 5.92 Å². The highest BCUT2D eigenvalue weighted by atomic mass is 16.2. The number of hydrogen-bond acceptors (Lipinski definition) is 5. The zero-order valence-electron chi connectivity index (χ0n) is 14.7. The average molecular weight is 350 g/mol. The van der Waals surface area contributed by atoms with E-state index in [9.17, 15) is 4.79 Å². The van der Waals surface area contributed by atoms with Crippen LogP contribution in [0.25, 0.3) is 22.0 Å². The molecule has 0 spiro atoms. The maximum atomic E-state index is 12.5. The van der Waals surface area contributed by atoms with Crippen molar-refractivity contribution in [3.63, 3.8) is 0 Å². The lowest BCUT2D eigenvalue weighted by Gasteiger charge is -2.24. The predicted molar refractivity (Wildman–Crippen MR) is 100 cm³/mol. The highest BCUT2D eigenvalue weighted by Crippen LogP contribution is 2.25. The van der Waals surface area contributed by atoms with Crippen molar-refractivity contribution in [3.8, 4) is 11.1 Å². The van der Waals surface area contributed by atoms with E-state index in [1.165, 1.54) is 0 Å². The van der Waals surface area contributed by atoms with E-state index in [1.807, 2.05) is 37.6 Å². The summed E-state index contributed by atoms with van der Waals surface area (Å²) < 4.78 is 1.77. The van der Waals surface area contributed by atoms with Crippen molar-refractivity contribution in [3.05, 3.63) is 36.8 Å². The number of rotatable bonds is 3. The number of amides is 1. The lowest BCUT2D eigenvalue weighted by molar-refractivity contribution is -0.120. The summed E-state index contributed by atoms with van der Waals surface area (Å²) in [6.07, 6.45) is 8.95. The Bertz CT molecular complexity index is 942. The Morgan fingerprint density at radius 2 is 2.00 bits per heavy atom. The topological polar surface area (TPSA) is 98.7 Å². The van der Waals surface area contributed by atoms with Gasteiger partial charge in [0.2, 0.25) is 11.9 Å². The largest absolute Gasteiger partial charge is 0.328 e. The van der Waals surface area contributed by atoms with Gasteiger partial charge in [-0.3, -0.25) is 14.8 Å². The molecule has 1 aliphatic rings. The zero-order chi connectivity index (χ0) is 18.1. The fourth-order valence-electron chi connectivity index (χ4n) is 3.43. The molecule has 0 aliphatic heterocycles. The molecule has 2 heterocycles. The van der Waals surface area contributed by atoms with Crippen LogP contribution in [0.15, 0.2) is 36.8 Å². The van der Waals surface area contributed by atoms with Crippen LogP contribution in [0.2, 0.25) is 0 Å². The number of nitrogens with two attached hydrogens (primary N) is 1. The fourth-order valence-corrected chi connectivity index (χ4v) is 3.43. The zero-order valence-corrected chi connectivity index (χ0v) is 14.7. The van der Waals surface area contributed by atoms with E-state index in [4.69, 9.17) is 5.73 Å². The molecule has 0 saturated heterocycles. The molecule has 0 bridgehead atoms. The van der Waals surface area contributed by atoms with Gasteiger partial charge in [-0.15, -0.1) is 0 Å². The predicted octanol–water partition coefficient (Wildman–Crippen LogP) is 2.49. The van der Waals surface area contributed by atoms with Gasteiger partial charge in [0.05, 0.1) is 11.7 Å². The number of benzene rings is 1. The van der Waals surface area contributed by atoms with Crippen LogP contribution in [-0.4, -0.2) is 31.7 Å². The number of aromatic nitrogens is 4. The number of anilines is 1. The molecule has 1 saturated carbocycles. The number of hydrogen-bond donors (Lipinski definition) is 2. The quantitative estimate of drug-likeness (QED) is 0.756. The Morgan fingerprint density at radius 3 is 2.73 bits per heavy atom. The van der Waals surface area contributed by atoms with E-state index >= 15 is 0 Å². The summed E-state index contributed by atoms with van der Waals surface area (Å²) >= 11 is 0. The summed E-state index contributed by atoms with van der Waals surface area (Å²) in [6, 6.07) is 6.21.